The van der Waals surface area contributed by atoms with E-state index in [2.05, 4.69) is 12.1 Å². The third-order valence-corrected chi connectivity index (χ3v) is 4.13. The molecule has 0 fully saturated rings. The van der Waals surface area contributed by atoms with Gasteiger partial charge in [-0.3, -0.25) is 0 Å². The molecule has 0 aromatic heterocycles. The first-order valence-electron chi connectivity index (χ1n) is 7.05. The van der Waals surface area contributed by atoms with Crippen molar-refractivity contribution >= 4 is 22.4 Å². The molecule has 1 nitrogen and oxygen atoms in total. The molecule has 21 heavy (non-hydrogen) atoms. The molecule has 2 heteroatoms. The van der Waals surface area contributed by atoms with Crippen molar-refractivity contribution in [3.63, 3.8) is 0 Å². The van der Waals surface area contributed by atoms with Gasteiger partial charge in [0.2, 0.25) is 0 Å². The molecule has 0 radical (unpaired) electrons. The number of hydrogen-bond acceptors (Lipinski definition) is 1. The third-order valence-electron chi connectivity index (χ3n) is 3.78. The lowest BCUT2D eigenvalue weighted by atomic mass is 9.98. The summed E-state index contributed by atoms with van der Waals surface area (Å²) in [6.07, 6.45) is -0.0212. The fourth-order valence-electron chi connectivity index (χ4n) is 2.56. The van der Waals surface area contributed by atoms with Gasteiger partial charge >= 0.3 is 0 Å². The maximum Gasteiger partial charge on any atom is 0.0831 e. The van der Waals surface area contributed by atoms with E-state index in [0.717, 1.165) is 27.1 Å². The largest absolute Gasteiger partial charge is 0.388 e. The Balaban J connectivity index is 1.87. The van der Waals surface area contributed by atoms with Gasteiger partial charge < -0.3 is 5.11 Å². The fraction of sp³-hybridized carbons (Fsp3) is 0.158. The van der Waals surface area contributed by atoms with Crippen LogP contribution in [0.3, 0.4) is 0 Å². The summed E-state index contributed by atoms with van der Waals surface area (Å²) in [7, 11) is 0. The van der Waals surface area contributed by atoms with E-state index in [1.807, 2.05) is 55.5 Å². The molecule has 1 unspecified atom stereocenters. The van der Waals surface area contributed by atoms with E-state index in [1.165, 1.54) is 5.39 Å². The maximum atomic E-state index is 10.5. The zero-order valence-corrected chi connectivity index (χ0v) is 12.6. The molecule has 0 saturated carbocycles. The molecule has 0 spiro atoms. The summed E-state index contributed by atoms with van der Waals surface area (Å²) in [6.45, 7) is 2.01. The van der Waals surface area contributed by atoms with Crippen LogP contribution in [0.5, 0.6) is 0 Å². The summed E-state index contributed by atoms with van der Waals surface area (Å²) in [6, 6.07) is 20.2. The fourth-order valence-corrected chi connectivity index (χ4v) is 2.87. The highest BCUT2D eigenvalue weighted by atomic mass is 35.5. The first kappa shape index (κ1) is 14.1. The zero-order chi connectivity index (χ0) is 14.8. The number of benzene rings is 3. The number of rotatable bonds is 3. The van der Waals surface area contributed by atoms with E-state index in [9.17, 15) is 5.11 Å². The SMILES string of the molecule is Cc1ccc(CC(O)c2ccc3ccccc3c2)c(Cl)c1. The van der Waals surface area contributed by atoms with Crippen LogP contribution >= 0.6 is 11.6 Å². The molecule has 0 bridgehead atoms. The van der Waals surface area contributed by atoms with Gasteiger partial charge in [0.1, 0.15) is 0 Å². The Morgan fingerprint density at radius 3 is 2.48 bits per heavy atom. The first-order valence-corrected chi connectivity index (χ1v) is 7.43. The summed E-state index contributed by atoms with van der Waals surface area (Å²) >= 11 is 6.25. The van der Waals surface area contributed by atoms with Crippen molar-refractivity contribution in [1.82, 2.24) is 0 Å². The van der Waals surface area contributed by atoms with Crippen LogP contribution in [0.4, 0.5) is 0 Å². The van der Waals surface area contributed by atoms with Crippen LogP contribution in [-0.2, 0) is 6.42 Å². The minimum atomic E-state index is -0.546. The van der Waals surface area contributed by atoms with Gasteiger partial charge in [0, 0.05) is 11.4 Å². The van der Waals surface area contributed by atoms with Gasteiger partial charge in [-0.2, -0.15) is 0 Å². The van der Waals surface area contributed by atoms with Crippen molar-refractivity contribution in [3.8, 4) is 0 Å². The minimum absolute atomic E-state index is 0.525. The second-order valence-electron chi connectivity index (χ2n) is 5.42. The summed E-state index contributed by atoms with van der Waals surface area (Å²) in [5.41, 5.74) is 3.03. The highest BCUT2D eigenvalue weighted by molar-refractivity contribution is 6.31. The Morgan fingerprint density at radius 2 is 1.71 bits per heavy atom. The predicted octanol–water partition coefficient (Wildman–Crippen LogP) is 5.08. The zero-order valence-electron chi connectivity index (χ0n) is 11.9. The van der Waals surface area contributed by atoms with Crippen LogP contribution in [0.25, 0.3) is 10.8 Å². The minimum Gasteiger partial charge on any atom is -0.388 e. The van der Waals surface area contributed by atoms with Crippen LogP contribution in [0.2, 0.25) is 5.02 Å². The van der Waals surface area contributed by atoms with Crippen LogP contribution in [0.1, 0.15) is 22.8 Å². The molecule has 1 atom stereocenters. The monoisotopic (exact) mass is 296 g/mol. The summed E-state index contributed by atoms with van der Waals surface area (Å²) in [5.74, 6) is 0. The molecule has 0 heterocycles. The van der Waals surface area contributed by atoms with Gasteiger partial charge in [0.05, 0.1) is 6.10 Å². The van der Waals surface area contributed by atoms with E-state index in [-0.39, 0.29) is 0 Å². The summed E-state index contributed by atoms with van der Waals surface area (Å²) in [5, 5.41) is 13.5. The standard InChI is InChI=1S/C19H17ClO/c1-13-6-7-16(18(20)10-13)12-19(21)17-9-8-14-4-2-3-5-15(14)11-17/h2-11,19,21H,12H2,1H3. The lowest BCUT2D eigenvalue weighted by molar-refractivity contribution is 0.178. The summed E-state index contributed by atoms with van der Waals surface area (Å²) in [4.78, 5) is 0. The van der Waals surface area contributed by atoms with Gasteiger partial charge in [-0.05, 0) is 46.5 Å². The third kappa shape index (κ3) is 3.10. The lowest BCUT2D eigenvalue weighted by Crippen LogP contribution is -2.02. The van der Waals surface area contributed by atoms with Crippen LogP contribution < -0.4 is 0 Å². The van der Waals surface area contributed by atoms with E-state index >= 15 is 0 Å². The average molecular weight is 297 g/mol. The van der Waals surface area contributed by atoms with Crippen molar-refractivity contribution in [1.29, 1.82) is 0 Å². The molecule has 0 aliphatic heterocycles. The number of fused-ring (bicyclic) bond motifs is 1. The normalized spacial score (nSPS) is 12.5. The van der Waals surface area contributed by atoms with Crippen molar-refractivity contribution < 1.29 is 5.11 Å². The Morgan fingerprint density at radius 1 is 0.952 bits per heavy atom. The molecule has 0 saturated heterocycles. The number of aryl methyl sites for hydroxylation is 1. The Labute approximate surface area is 129 Å². The molecule has 3 aromatic rings. The Bertz CT molecular complexity index is 779. The van der Waals surface area contributed by atoms with Gasteiger partial charge in [-0.25, -0.2) is 0 Å². The molecule has 1 N–H and O–H groups in total. The van der Waals surface area contributed by atoms with E-state index in [1.54, 1.807) is 0 Å². The second kappa shape index (κ2) is 5.88. The highest BCUT2D eigenvalue weighted by Gasteiger charge is 2.11. The van der Waals surface area contributed by atoms with Gasteiger partial charge in [0.25, 0.3) is 0 Å². The maximum absolute atomic E-state index is 10.5. The quantitative estimate of drug-likeness (QED) is 0.715. The first-order chi connectivity index (χ1) is 10.1. The van der Waals surface area contributed by atoms with E-state index < -0.39 is 6.10 Å². The van der Waals surface area contributed by atoms with Gasteiger partial charge in [-0.1, -0.05) is 60.1 Å². The number of hydrogen-bond donors (Lipinski definition) is 1. The van der Waals surface area contributed by atoms with Crippen molar-refractivity contribution in [2.24, 2.45) is 0 Å². The second-order valence-corrected chi connectivity index (χ2v) is 5.83. The predicted molar refractivity (Wildman–Crippen MR) is 88.8 cm³/mol. The number of aliphatic hydroxyl groups excluding tert-OH is 1. The van der Waals surface area contributed by atoms with Crippen molar-refractivity contribution in [2.45, 2.75) is 19.4 Å². The van der Waals surface area contributed by atoms with Crippen LogP contribution in [0.15, 0.2) is 60.7 Å². The van der Waals surface area contributed by atoms with Crippen molar-refractivity contribution in [3.05, 3.63) is 82.4 Å². The molecule has 106 valence electrons. The molecule has 0 aliphatic carbocycles. The molecule has 3 aromatic carbocycles. The molecular weight excluding hydrogens is 280 g/mol. The summed E-state index contributed by atoms with van der Waals surface area (Å²) < 4.78 is 0. The Kier molecular flexibility index (Phi) is 3.96. The van der Waals surface area contributed by atoms with Crippen LogP contribution in [0, 0.1) is 6.92 Å². The van der Waals surface area contributed by atoms with E-state index in [4.69, 9.17) is 11.6 Å². The molecule has 3 rings (SSSR count). The Hall–Kier alpha value is -1.83. The van der Waals surface area contributed by atoms with Crippen molar-refractivity contribution in [2.75, 3.05) is 0 Å². The topological polar surface area (TPSA) is 20.2 Å². The molecule has 0 aliphatic rings. The van der Waals surface area contributed by atoms with Gasteiger partial charge in [0.15, 0.2) is 0 Å². The van der Waals surface area contributed by atoms with E-state index in [0.29, 0.717) is 6.42 Å². The van der Waals surface area contributed by atoms with Gasteiger partial charge in [-0.15, -0.1) is 0 Å². The average Bonchev–Trinajstić information content (AvgIpc) is 2.49. The molecule has 0 amide bonds. The highest BCUT2D eigenvalue weighted by Crippen LogP contribution is 2.26. The van der Waals surface area contributed by atoms with Crippen LogP contribution in [-0.4, -0.2) is 5.11 Å². The number of aliphatic hydroxyl groups is 1. The molecular formula is C19H17ClO. The smallest absolute Gasteiger partial charge is 0.0831 e. The number of halogens is 1. The lowest BCUT2D eigenvalue weighted by Gasteiger charge is -2.13.